The minimum Gasteiger partial charge on any atom is -0.367 e. The van der Waals surface area contributed by atoms with Gasteiger partial charge in [0.1, 0.15) is 12.4 Å². The van der Waals surface area contributed by atoms with E-state index >= 15 is 0 Å². The van der Waals surface area contributed by atoms with Gasteiger partial charge in [0.15, 0.2) is 5.82 Å². The van der Waals surface area contributed by atoms with Crippen LogP contribution in [-0.4, -0.2) is 34.5 Å². The van der Waals surface area contributed by atoms with Gasteiger partial charge in [-0.2, -0.15) is 5.26 Å². The van der Waals surface area contributed by atoms with Crippen molar-refractivity contribution in [3.05, 3.63) is 42.0 Å². The molecular formula is C15H17N5O. The summed E-state index contributed by atoms with van der Waals surface area (Å²) < 4.78 is 7.85. The molecule has 2 aromatic rings. The zero-order valence-corrected chi connectivity index (χ0v) is 11.9. The molecule has 2 heterocycles. The number of aromatic nitrogens is 3. The van der Waals surface area contributed by atoms with Crippen molar-refractivity contribution < 1.29 is 4.74 Å². The summed E-state index contributed by atoms with van der Waals surface area (Å²) in [6.07, 6.45) is 1.66. The average molecular weight is 283 g/mol. The topological polar surface area (TPSA) is 67.0 Å². The van der Waals surface area contributed by atoms with Crippen molar-refractivity contribution >= 4 is 5.69 Å². The highest BCUT2D eigenvalue weighted by Gasteiger charge is 2.26. The Hall–Kier alpha value is -2.39. The second-order valence-electron chi connectivity index (χ2n) is 4.94. The number of benzene rings is 1. The Kier molecular flexibility index (Phi) is 3.84. The molecule has 1 aromatic heterocycles. The molecule has 0 saturated carbocycles. The van der Waals surface area contributed by atoms with Crippen LogP contribution in [0.3, 0.4) is 0 Å². The Morgan fingerprint density at radius 3 is 2.90 bits per heavy atom. The summed E-state index contributed by atoms with van der Waals surface area (Å²) in [6, 6.07) is 9.78. The van der Waals surface area contributed by atoms with Crippen molar-refractivity contribution in [2.45, 2.75) is 19.6 Å². The van der Waals surface area contributed by atoms with E-state index in [-0.39, 0.29) is 6.10 Å². The number of hydrogen-bond donors (Lipinski definition) is 0. The first-order valence-corrected chi connectivity index (χ1v) is 7.06. The van der Waals surface area contributed by atoms with Crippen LogP contribution in [0.4, 0.5) is 5.69 Å². The molecule has 0 radical (unpaired) electrons. The molecule has 0 spiro atoms. The third-order valence-electron chi connectivity index (χ3n) is 3.70. The van der Waals surface area contributed by atoms with E-state index in [9.17, 15) is 0 Å². The van der Waals surface area contributed by atoms with Crippen LogP contribution in [0.5, 0.6) is 0 Å². The third-order valence-corrected chi connectivity index (χ3v) is 3.70. The van der Waals surface area contributed by atoms with Crippen molar-refractivity contribution in [1.29, 1.82) is 5.26 Å². The molecule has 1 atom stereocenters. The van der Waals surface area contributed by atoms with Crippen LogP contribution < -0.4 is 4.90 Å². The zero-order chi connectivity index (χ0) is 14.7. The Labute approximate surface area is 123 Å². The molecule has 0 unspecified atom stereocenters. The SMILES string of the molecule is CCn1cnnc1[C@H]1CN(c2ccc(C#N)cc2)CCO1. The summed E-state index contributed by atoms with van der Waals surface area (Å²) in [4.78, 5) is 2.25. The molecule has 21 heavy (non-hydrogen) atoms. The third kappa shape index (κ3) is 2.73. The first-order chi connectivity index (χ1) is 10.3. The van der Waals surface area contributed by atoms with Gasteiger partial charge in [-0.1, -0.05) is 0 Å². The highest BCUT2D eigenvalue weighted by atomic mass is 16.5. The predicted octanol–water partition coefficient (Wildman–Crippen LogP) is 1.75. The van der Waals surface area contributed by atoms with Gasteiger partial charge in [0.05, 0.1) is 24.8 Å². The number of ether oxygens (including phenoxy) is 1. The molecule has 0 N–H and O–H groups in total. The lowest BCUT2D eigenvalue weighted by Gasteiger charge is -2.34. The summed E-state index contributed by atoms with van der Waals surface area (Å²) in [5, 5.41) is 17.0. The minimum absolute atomic E-state index is 0.0724. The maximum atomic E-state index is 8.86. The predicted molar refractivity (Wildman–Crippen MR) is 77.8 cm³/mol. The van der Waals surface area contributed by atoms with Gasteiger partial charge in [0.25, 0.3) is 0 Å². The highest BCUT2D eigenvalue weighted by molar-refractivity contribution is 5.50. The molecule has 108 valence electrons. The van der Waals surface area contributed by atoms with Crippen LogP contribution in [0.2, 0.25) is 0 Å². The van der Waals surface area contributed by atoms with Gasteiger partial charge in [-0.25, -0.2) is 0 Å². The lowest BCUT2D eigenvalue weighted by Crippen LogP contribution is -2.39. The van der Waals surface area contributed by atoms with Crippen LogP contribution >= 0.6 is 0 Å². The van der Waals surface area contributed by atoms with Gasteiger partial charge >= 0.3 is 0 Å². The van der Waals surface area contributed by atoms with E-state index in [1.54, 1.807) is 6.33 Å². The van der Waals surface area contributed by atoms with E-state index in [2.05, 4.69) is 28.1 Å². The van der Waals surface area contributed by atoms with E-state index in [0.29, 0.717) is 12.2 Å². The summed E-state index contributed by atoms with van der Waals surface area (Å²) in [5.41, 5.74) is 1.78. The molecule has 1 saturated heterocycles. The fourth-order valence-corrected chi connectivity index (χ4v) is 2.54. The Bertz CT molecular complexity index is 643. The van der Waals surface area contributed by atoms with Gasteiger partial charge in [0, 0.05) is 18.8 Å². The van der Waals surface area contributed by atoms with Gasteiger partial charge in [-0.15, -0.1) is 10.2 Å². The molecule has 1 aliphatic rings. The van der Waals surface area contributed by atoms with Crippen LogP contribution in [0.15, 0.2) is 30.6 Å². The molecule has 3 rings (SSSR count). The first-order valence-electron chi connectivity index (χ1n) is 7.06. The molecular weight excluding hydrogens is 266 g/mol. The number of hydrogen-bond acceptors (Lipinski definition) is 5. The average Bonchev–Trinajstić information content (AvgIpc) is 3.04. The Morgan fingerprint density at radius 1 is 1.38 bits per heavy atom. The number of rotatable bonds is 3. The van der Waals surface area contributed by atoms with Crippen LogP contribution in [0.25, 0.3) is 0 Å². The number of nitriles is 1. The maximum Gasteiger partial charge on any atom is 0.163 e. The summed E-state index contributed by atoms with van der Waals surface area (Å²) in [5.74, 6) is 0.871. The molecule has 1 aliphatic heterocycles. The highest BCUT2D eigenvalue weighted by Crippen LogP contribution is 2.25. The molecule has 6 heteroatoms. The Morgan fingerprint density at radius 2 is 2.19 bits per heavy atom. The second kappa shape index (κ2) is 5.94. The molecule has 0 aliphatic carbocycles. The largest absolute Gasteiger partial charge is 0.367 e. The minimum atomic E-state index is -0.0724. The molecule has 0 bridgehead atoms. The van der Waals surface area contributed by atoms with Gasteiger partial charge in [0.2, 0.25) is 0 Å². The van der Waals surface area contributed by atoms with Crippen LogP contribution in [0.1, 0.15) is 24.4 Å². The smallest absolute Gasteiger partial charge is 0.163 e. The monoisotopic (exact) mass is 283 g/mol. The number of nitrogens with zero attached hydrogens (tertiary/aromatic N) is 5. The lowest BCUT2D eigenvalue weighted by molar-refractivity contribution is 0.0316. The Balaban J connectivity index is 1.78. The summed E-state index contributed by atoms with van der Waals surface area (Å²) >= 11 is 0. The summed E-state index contributed by atoms with van der Waals surface area (Å²) in [7, 11) is 0. The number of anilines is 1. The van der Waals surface area contributed by atoms with E-state index < -0.39 is 0 Å². The van der Waals surface area contributed by atoms with E-state index in [4.69, 9.17) is 10.00 Å². The van der Waals surface area contributed by atoms with Gasteiger partial charge < -0.3 is 14.2 Å². The van der Waals surface area contributed by atoms with Gasteiger partial charge in [-0.3, -0.25) is 0 Å². The first kappa shape index (κ1) is 13.6. The second-order valence-corrected chi connectivity index (χ2v) is 4.94. The lowest BCUT2D eigenvalue weighted by atomic mass is 10.2. The van der Waals surface area contributed by atoms with Crippen molar-refractivity contribution in [2.24, 2.45) is 0 Å². The van der Waals surface area contributed by atoms with E-state index in [1.807, 2.05) is 28.8 Å². The quantitative estimate of drug-likeness (QED) is 0.858. The van der Waals surface area contributed by atoms with Crippen molar-refractivity contribution in [2.75, 3.05) is 24.6 Å². The van der Waals surface area contributed by atoms with E-state index in [1.165, 1.54) is 0 Å². The van der Waals surface area contributed by atoms with Gasteiger partial charge in [-0.05, 0) is 31.2 Å². The molecule has 1 aromatic carbocycles. The zero-order valence-electron chi connectivity index (χ0n) is 11.9. The van der Waals surface area contributed by atoms with Crippen LogP contribution in [-0.2, 0) is 11.3 Å². The van der Waals surface area contributed by atoms with E-state index in [0.717, 1.165) is 31.1 Å². The number of aryl methyl sites for hydroxylation is 1. The van der Waals surface area contributed by atoms with Crippen molar-refractivity contribution in [1.82, 2.24) is 14.8 Å². The van der Waals surface area contributed by atoms with Crippen molar-refractivity contribution in [3.63, 3.8) is 0 Å². The standard InChI is InChI=1S/C15H17N5O/c1-2-19-11-17-18-15(19)14-10-20(7-8-21-14)13-5-3-12(9-16)4-6-13/h3-6,11,14H,2,7-8,10H2,1H3/t14-/m1/s1. The van der Waals surface area contributed by atoms with Crippen molar-refractivity contribution in [3.8, 4) is 6.07 Å². The number of morpholine rings is 1. The maximum absolute atomic E-state index is 8.86. The fourth-order valence-electron chi connectivity index (χ4n) is 2.54. The van der Waals surface area contributed by atoms with Crippen LogP contribution in [0, 0.1) is 11.3 Å². The summed E-state index contributed by atoms with van der Waals surface area (Å²) in [6.45, 7) is 5.13. The molecule has 6 nitrogen and oxygen atoms in total. The fraction of sp³-hybridized carbons (Fsp3) is 0.400. The molecule has 1 fully saturated rings. The normalized spacial score (nSPS) is 18.5. The molecule has 0 amide bonds.